The largest absolute Gasteiger partial charge is 0.339 e. The van der Waals surface area contributed by atoms with Crippen LogP contribution in [-0.2, 0) is 18.3 Å². The van der Waals surface area contributed by atoms with E-state index in [4.69, 9.17) is 9.05 Å². The van der Waals surface area contributed by atoms with Crippen LogP contribution in [0.15, 0.2) is 9.05 Å². The summed E-state index contributed by atoms with van der Waals surface area (Å²) in [4.78, 5) is 11.2. The van der Waals surface area contributed by atoms with Crippen LogP contribution in [0.4, 0.5) is 0 Å². The van der Waals surface area contributed by atoms with Crippen LogP contribution < -0.4 is 5.32 Å². The number of hydrogen-bond donors (Lipinski definition) is 1. The van der Waals surface area contributed by atoms with Gasteiger partial charge in [0, 0.05) is 37.9 Å². The molecule has 2 aromatic heterocycles. The van der Waals surface area contributed by atoms with Crippen molar-refractivity contribution >= 4 is 12.4 Å². The minimum Gasteiger partial charge on any atom is -0.339 e. The Kier molecular flexibility index (Phi) is 5.95. The summed E-state index contributed by atoms with van der Waals surface area (Å²) in [6.07, 6.45) is 1.20. The lowest BCUT2D eigenvalue weighted by molar-refractivity contribution is 0.190. The summed E-state index contributed by atoms with van der Waals surface area (Å²) in [5.74, 6) is 2.66. The monoisotopic (exact) mass is 356 g/mol. The van der Waals surface area contributed by atoms with Gasteiger partial charge in [0.1, 0.15) is 0 Å². The molecule has 1 N–H and O–H groups in total. The second-order valence-corrected chi connectivity index (χ2v) is 7.01. The Bertz CT molecular complexity index is 650. The molecule has 3 heterocycles. The number of aryl methyl sites for hydroxylation is 2. The number of rotatable bonds is 4. The van der Waals surface area contributed by atoms with Crippen LogP contribution in [0.3, 0.4) is 0 Å². The van der Waals surface area contributed by atoms with Gasteiger partial charge in [0.15, 0.2) is 11.6 Å². The van der Waals surface area contributed by atoms with E-state index >= 15 is 0 Å². The van der Waals surface area contributed by atoms with Crippen molar-refractivity contribution in [1.82, 2.24) is 30.5 Å². The molecule has 0 spiro atoms. The summed E-state index contributed by atoms with van der Waals surface area (Å²) in [5, 5.41) is 11.5. The first-order valence-electron chi connectivity index (χ1n) is 8.00. The summed E-state index contributed by atoms with van der Waals surface area (Å²) in [6.45, 7) is 8.98. The van der Waals surface area contributed by atoms with E-state index in [2.05, 4.69) is 58.3 Å². The van der Waals surface area contributed by atoms with Crippen LogP contribution >= 0.6 is 12.4 Å². The first-order valence-corrected chi connectivity index (χ1v) is 8.00. The Morgan fingerprint density at radius 3 is 2.42 bits per heavy atom. The highest BCUT2D eigenvalue weighted by Crippen LogP contribution is 2.20. The molecule has 2 aromatic rings. The van der Waals surface area contributed by atoms with E-state index < -0.39 is 0 Å². The standard InChI is InChI=1S/C15H24N6O2.ClH/c1-15(2,3)14-18-12(23-20-14)6-5-11-17-13(19-22-11)10-9-16-7-8-21(10)4;/h10,16H,5-9H2,1-4H3;1H. The molecule has 1 atom stereocenters. The first kappa shape index (κ1) is 18.8. The molecule has 1 aliphatic rings. The molecule has 0 aromatic carbocycles. The van der Waals surface area contributed by atoms with E-state index in [0.717, 1.165) is 25.5 Å². The minimum atomic E-state index is -0.113. The topological polar surface area (TPSA) is 93.1 Å². The van der Waals surface area contributed by atoms with Crippen molar-refractivity contribution in [1.29, 1.82) is 0 Å². The summed E-state index contributed by atoms with van der Waals surface area (Å²) >= 11 is 0. The SMILES string of the molecule is CN1CCNCC1c1noc(CCc2nc(C(C)(C)C)no2)n1.Cl. The summed E-state index contributed by atoms with van der Waals surface area (Å²) in [6, 6.07) is 0.164. The average molecular weight is 357 g/mol. The van der Waals surface area contributed by atoms with Gasteiger partial charge >= 0.3 is 0 Å². The highest BCUT2D eigenvalue weighted by Gasteiger charge is 2.25. The van der Waals surface area contributed by atoms with Crippen LogP contribution in [-0.4, -0.2) is 51.9 Å². The number of halogens is 1. The number of likely N-dealkylation sites (N-methyl/N-ethyl adjacent to an activating group) is 1. The van der Waals surface area contributed by atoms with Crippen molar-refractivity contribution < 1.29 is 9.05 Å². The van der Waals surface area contributed by atoms with Crippen molar-refractivity contribution in [2.75, 3.05) is 26.7 Å². The molecule has 3 rings (SSSR count). The second kappa shape index (κ2) is 7.58. The third-order valence-electron chi connectivity index (χ3n) is 3.98. The maximum Gasteiger partial charge on any atom is 0.227 e. The Balaban J connectivity index is 0.00000208. The second-order valence-electron chi connectivity index (χ2n) is 7.01. The molecule has 0 aliphatic carbocycles. The van der Waals surface area contributed by atoms with Gasteiger partial charge in [-0.3, -0.25) is 4.90 Å². The van der Waals surface area contributed by atoms with Gasteiger partial charge in [-0.2, -0.15) is 9.97 Å². The van der Waals surface area contributed by atoms with E-state index in [1.54, 1.807) is 0 Å². The summed E-state index contributed by atoms with van der Waals surface area (Å²) in [5.41, 5.74) is -0.113. The highest BCUT2D eigenvalue weighted by atomic mass is 35.5. The van der Waals surface area contributed by atoms with Crippen LogP contribution in [0, 0.1) is 0 Å². The molecule has 1 unspecified atom stereocenters. The lowest BCUT2D eigenvalue weighted by Gasteiger charge is -2.30. The van der Waals surface area contributed by atoms with Crippen molar-refractivity contribution in [3.05, 3.63) is 23.4 Å². The molecule has 9 heteroatoms. The molecular weight excluding hydrogens is 332 g/mol. The number of piperazine rings is 1. The third kappa shape index (κ3) is 4.31. The zero-order valence-electron chi connectivity index (χ0n) is 14.6. The van der Waals surface area contributed by atoms with Gasteiger partial charge in [-0.05, 0) is 7.05 Å². The summed E-state index contributed by atoms with van der Waals surface area (Å²) in [7, 11) is 2.08. The Labute approximate surface area is 147 Å². The van der Waals surface area contributed by atoms with E-state index in [1.807, 2.05) is 0 Å². The Morgan fingerprint density at radius 1 is 1.12 bits per heavy atom. The van der Waals surface area contributed by atoms with E-state index in [0.29, 0.717) is 30.4 Å². The molecule has 0 radical (unpaired) electrons. The molecule has 0 amide bonds. The Hall–Kier alpha value is -1.51. The molecule has 134 valence electrons. The normalized spacial score (nSPS) is 19.2. The molecule has 0 bridgehead atoms. The van der Waals surface area contributed by atoms with Gasteiger partial charge < -0.3 is 14.4 Å². The maximum absolute atomic E-state index is 5.36. The van der Waals surface area contributed by atoms with Crippen molar-refractivity contribution in [2.45, 2.75) is 45.1 Å². The molecule has 0 saturated carbocycles. The number of hydrogen-bond acceptors (Lipinski definition) is 8. The number of nitrogens with one attached hydrogen (secondary N) is 1. The van der Waals surface area contributed by atoms with E-state index in [1.165, 1.54) is 0 Å². The average Bonchev–Trinajstić information content (AvgIpc) is 3.14. The smallest absolute Gasteiger partial charge is 0.227 e. The summed E-state index contributed by atoms with van der Waals surface area (Å²) < 4.78 is 10.6. The molecule has 8 nitrogen and oxygen atoms in total. The van der Waals surface area contributed by atoms with Gasteiger partial charge in [-0.25, -0.2) is 0 Å². The molecular formula is C15H25ClN6O2. The van der Waals surface area contributed by atoms with Gasteiger partial charge in [0.2, 0.25) is 11.8 Å². The van der Waals surface area contributed by atoms with Crippen LogP contribution in [0.25, 0.3) is 0 Å². The van der Waals surface area contributed by atoms with Crippen molar-refractivity contribution in [3.63, 3.8) is 0 Å². The maximum atomic E-state index is 5.36. The molecule has 24 heavy (non-hydrogen) atoms. The lowest BCUT2D eigenvalue weighted by Crippen LogP contribution is -2.44. The third-order valence-corrected chi connectivity index (χ3v) is 3.98. The van der Waals surface area contributed by atoms with Gasteiger partial charge in [-0.1, -0.05) is 31.1 Å². The quantitative estimate of drug-likeness (QED) is 0.881. The van der Waals surface area contributed by atoms with Crippen LogP contribution in [0.2, 0.25) is 0 Å². The van der Waals surface area contributed by atoms with Gasteiger partial charge in [0.25, 0.3) is 0 Å². The fourth-order valence-corrected chi connectivity index (χ4v) is 2.47. The predicted molar refractivity (Wildman–Crippen MR) is 90.2 cm³/mol. The zero-order valence-corrected chi connectivity index (χ0v) is 15.4. The van der Waals surface area contributed by atoms with Crippen molar-refractivity contribution in [2.24, 2.45) is 0 Å². The molecule has 1 saturated heterocycles. The van der Waals surface area contributed by atoms with Gasteiger partial charge in [-0.15, -0.1) is 12.4 Å². The fourth-order valence-electron chi connectivity index (χ4n) is 2.47. The van der Waals surface area contributed by atoms with E-state index in [-0.39, 0.29) is 23.9 Å². The zero-order chi connectivity index (χ0) is 16.4. The van der Waals surface area contributed by atoms with E-state index in [9.17, 15) is 0 Å². The predicted octanol–water partition coefficient (Wildman–Crippen LogP) is 1.53. The van der Waals surface area contributed by atoms with Crippen LogP contribution in [0.5, 0.6) is 0 Å². The Morgan fingerprint density at radius 2 is 1.79 bits per heavy atom. The number of aromatic nitrogens is 4. The fraction of sp³-hybridized carbons (Fsp3) is 0.733. The first-order chi connectivity index (χ1) is 10.9. The molecule has 1 aliphatic heterocycles. The van der Waals surface area contributed by atoms with Crippen molar-refractivity contribution in [3.8, 4) is 0 Å². The van der Waals surface area contributed by atoms with Crippen LogP contribution in [0.1, 0.15) is 50.2 Å². The lowest BCUT2D eigenvalue weighted by atomic mass is 9.96. The minimum absolute atomic E-state index is 0. The molecule has 1 fully saturated rings. The van der Waals surface area contributed by atoms with Gasteiger partial charge in [0.05, 0.1) is 6.04 Å². The highest BCUT2D eigenvalue weighted by molar-refractivity contribution is 5.85. The number of nitrogens with zero attached hydrogens (tertiary/aromatic N) is 5.